The molecule has 1 aromatic carbocycles. The summed E-state index contributed by atoms with van der Waals surface area (Å²) >= 11 is 0. The first-order chi connectivity index (χ1) is 13.2. The molecule has 27 heavy (non-hydrogen) atoms. The molecule has 1 aliphatic rings. The van der Waals surface area contributed by atoms with Crippen LogP contribution in [0.3, 0.4) is 0 Å². The molecule has 0 aliphatic carbocycles. The number of hydrogen-bond acceptors (Lipinski definition) is 6. The highest BCUT2D eigenvalue weighted by Crippen LogP contribution is 2.24. The summed E-state index contributed by atoms with van der Waals surface area (Å²) in [7, 11) is 0. The summed E-state index contributed by atoms with van der Waals surface area (Å²) in [5.41, 5.74) is 0.661. The van der Waals surface area contributed by atoms with Gasteiger partial charge in [0, 0.05) is 31.9 Å². The zero-order valence-corrected chi connectivity index (χ0v) is 14.6. The van der Waals surface area contributed by atoms with Gasteiger partial charge in [0.2, 0.25) is 11.7 Å². The molecule has 3 heterocycles. The van der Waals surface area contributed by atoms with Gasteiger partial charge >= 0.3 is 0 Å². The van der Waals surface area contributed by atoms with Gasteiger partial charge in [0.05, 0.1) is 11.8 Å². The molecule has 1 aliphatic heterocycles. The number of carbonyl (C=O) groups excluding carboxylic acids is 1. The van der Waals surface area contributed by atoms with Crippen molar-refractivity contribution in [1.82, 2.24) is 25.0 Å². The van der Waals surface area contributed by atoms with Gasteiger partial charge in [-0.2, -0.15) is 4.98 Å². The van der Waals surface area contributed by atoms with Crippen LogP contribution in [0.25, 0.3) is 11.4 Å². The lowest BCUT2D eigenvalue weighted by atomic mass is 9.94. The molecule has 0 saturated carbocycles. The number of piperidine rings is 1. The normalized spacial score (nSPS) is 17.1. The van der Waals surface area contributed by atoms with Crippen LogP contribution in [0.2, 0.25) is 0 Å². The molecule has 0 spiro atoms. The number of nitrogens with zero attached hydrogens (tertiary/aromatic N) is 5. The fourth-order valence-corrected chi connectivity index (χ4v) is 3.32. The summed E-state index contributed by atoms with van der Waals surface area (Å²) < 4.78 is 19.2. The van der Waals surface area contributed by atoms with Crippen molar-refractivity contribution in [2.24, 2.45) is 5.92 Å². The van der Waals surface area contributed by atoms with E-state index in [0.29, 0.717) is 36.7 Å². The van der Waals surface area contributed by atoms with Crippen molar-refractivity contribution in [2.45, 2.75) is 19.3 Å². The molecule has 1 saturated heterocycles. The molecule has 8 heteroatoms. The maximum atomic E-state index is 13.9. The van der Waals surface area contributed by atoms with Crippen LogP contribution < -0.4 is 0 Å². The third-order valence-electron chi connectivity index (χ3n) is 4.63. The lowest BCUT2D eigenvalue weighted by Gasteiger charge is -2.31. The van der Waals surface area contributed by atoms with Crippen LogP contribution in [-0.2, 0) is 6.42 Å². The molecule has 1 unspecified atom stereocenters. The first kappa shape index (κ1) is 17.3. The van der Waals surface area contributed by atoms with Crippen molar-refractivity contribution in [3.05, 3.63) is 60.3 Å². The van der Waals surface area contributed by atoms with Crippen molar-refractivity contribution in [3.63, 3.8) is 0 Å². The highest BCUT2D eigenvalue weighted by molar-refractivity contribution is 5.92. The summed E-state index contributed by atoms with van der Waals surface area (Å²) in [6.07, 6.45) is 6.93. The summed E-state index contributed by atoms with van der Waals surface area (Å²) in [5, 5.41) is 3.89. The van der Waals surface area contributed by atoms with Gasteiger partial charge in [-0.05, 0) is 30.9 Å². The Morgan fingerprint density at radius 3 is 3.00 bits per heavy atom. The minimum atomic E-state index is -0.386. The van der Waals surface area contributed by atoms with Crippen LogP contribution in [0.15, 0.2) is 47.4 Å². The second kappa shape index (κ2) is 7.61. The highest BCUT2D eigenvalue weighted by atomic mass is 19.1. The van der Waals surface area contributed by atoms with Gasteiger partial charge in [-0.1, -0.05) is 17.3 Å². The van der Waals surface area contributed by atoms with Gasteiger partial charge in [0.25, 0.3) is 5.91 Å². The topological polar surface area (TPSA) is 85.0 Å². The second-order valence-corrected chi connectivity index (χ2v) is 6.55. The zero-order valence-electron chi connectivity index (χ0n) is 14.6. The largest absolute Gasteiger partial charge is 0.339 e. The third kappa shape index (κ3) is 3.84. The van der Waals surface area contributed by atoms with Crippen molar-refractivity contribution >= 4 is 5.91 Å². The fraction of sp³-hybridized carbons (Fsp3) is 0.316. The van der Waals surface area contributed by atoms with Crippen LogP contribution in [0.5, 0.6) is 0 Å². The molecular formula is C19H18FN5O2. The quantitative estimate of drug-likeness (QED) is 0.705. The molecule has 0 bridgehead atoms. The molecule has 7 nitrogen and oxygen atoms in total. The van der Waals surface area contributed by atoms with E-state index in [0.717, 1.165) is 12.8 Å². The van der Waals surface area contributed by atoms with Crippen molar-refractivity contribution < 1.29 is 13.7 Å². The van der Waals surface area contributed by atoms with Crippen molar-refractivity contribution in [1.29, 1.82) is 0 Å². The SMILES string of the molecule is O=C(c1cnccn1)N1CCCC(Cc2nc(-c3ccccc3F)no2)C1. The Labute approximate surface area is 155 Å². The Morgan fingerprint density at radius 2 is 2.19 bits per heavy atom. The first-order valence-corrected chi connectivity index (χ1v) is 8.83. The van der Waals surface area contributed by atoms with E-state index in [2.05, 4.69) is 20.1 Å². The maximum Gasteiger partial charge on any atom is 0.274 e. The summed E-state index contributed by atoms with van der Waals surface area (Å²) in [6, 6.07) is 6.32. The third-order valence-corrected chi connectivity index (χ3v) is 4.63. The van der Waals surface area contributed by atoms with Gasteiger partial charge in [-0.25, -0.2) is 9.37 Å². The average Bonchev–Trinajstić information content (AvgIpc) is 3.17. The smallest absolute Gasteiger partial charge is 0.274 e. The van der Waals surface area contributed by atoms with E-state index in [1.165, 1.54) is 18.5 Å². The number of halogens is 1. The molecule has 3 aromatic rings. The van der Waals surface area contributed by atoms with E-state index in [9.17, 15) is 9.18 Å². The molecular weight excluding hydrogens is 349 g/mol. The van der Waals surface area contributed by atoms with Gasteiger partial charge in [-0.15, -0.1) is 0 Å². The van der Waals surface area contributed by atoms with Crippen LogP contribution in [-0.4, -0.2) is 44.0 Å². The van der Waals surface area contributed by atoms with E-state index in [-0.39, 0.29) is 23.5 Å². The minimum absolute atomic E-state index is 0.120. The van der Waals surface area contributed by atoms with Gasteiger partial charge < -0.3 is 9.42 Å². The zero-order chi connectivity index (χ0) is 18.6. The van der Waals surface area contributed by atoms with E-state index < -0.39 is 0 Å². The Morgan fingerprint density at radius 1 is 1.30 bits per heavy atom. The number of carbonyl (C=O) groups is 1. The van der Waals surface area contributed by atoms with Gasteiger partial charge in [0.1, 0.15) is 11.5 Å². The number of amides is 1. The molecule has 2 aromatic heterocycles. The molecule has 0 radical (unpaired) electrons. The van der Waals surface area contributed by atoms with E-state index in [1.54, 1.807) is 29.3 Å². The molecule has 4 rings (SSSR count). The Balaban J connectivity index is 1.43. The Hall–Kier alpha value is -3.16. The number of hydrogen-bond donors (Lipinski definition) is 0. The first-order valence-electron chi connectivity index (χ1n) is 8.83. The lowest BCUT2D eigenvalue weighted by molar-refractivity contribution is 0.0661. The van der Waals surface area contributed by atoms with Crippen LogP contribution in [0.1, 0.15) is 29.2 Å². The minimum Gasteiger partial charge on any atom is -0.339 e. The van der Waals surface area contributed by atoms with E-state index in [4.69, 9.17) is 4.52 Å². The number of aromatic nitrogens is 4. The Kier molecular flexibility index (Phi) is 4.86. The predicted molar refractivity (Wildman–Crippen MR) is 94.1 cm³/mol. The van der Waals surface area contributed by atoms with E-state index in [1.807, 2.05) is 0 Å². The summed E-state index contributed by atoms with van der Waals surface area (Å²) in [4.78, 5) is 26.7. The predicted octanol–water partition coefficient (Wildman–Crippen LogP) is 2.76. The molecule has 1 atom stereocenters. The molecule has 138 valence electrons. The average molecular weight is 367 g/mol. The monoisotopic (exact) mass is 367 g/mol. The van der Waals surface area contributed by atoms with Crippen LogP contribution >= 0.6 is 0 Å². The number of benzene rings is 1. The van der Waals surface area contributed by atoms with Crippen LogP contribution in [0.4, 0.5) is 4.39 Å². The summed E-state index contributed by atoms with van der Waals surface area (Å²) in [6.45, 7) is 1.28. The molecule has 0 N–H and O–H groups in total. The summed E-state index contributed by atoms with van der Waals surface area (Å²) in [5.74, 6) is 0.389. The van der Waals surface area contributed by atoms with Crippen molar-refractivity contribution in [3.8, 4) is 11.4 Å². The lowest BCUT2D eigenvalue weighted by Crippen LogP contribution is -2.40. The second-order valence-electron chi connectivity index (χ2n) is 6.55. The molecule has 1 fully saturated rings. The Bertz CT molecular complexity index is 931. The van der Waals surface area contributed by atoms with E-state index >= 15 is 0 Å². The van der Waals surface area contributed by atoms with Gasteiger partial charge in [-0.3, -0.25) is 9.78 Å². The number of likely N-dealkylation sites (tertiary alicyclic amines) is 1. The highest BCUT2D eigenvalue weighted by Gasteiger charge is 2.27. The maximum absolute atomic E-state index is 13.9. The number of rotatable bonds is 4. The van der Waals surface area contributed by atoms with Crippen LogP contribution in [0, 0.1) is 11.7 Å². The van der Waals surface area contributed by atoms with Crippen molar-refractivity contribution in [2.75, 3.05) is 13.1 Å². The standard InChI is InChI=1S/C19H18FN5O2/c20-15-6-2-1-5-14(15)18-23-17(27-24-18)10-13-4-3-9-25(12-13)19(26)16-11-21-7-8-22-16/h1-2,5-8,11,13H,3-4,9-10,12H2. The molecule has 1 amide bonds. The fourth-order valence-electron chi connectivity index (χ4n) is 3.32. The van der Waals surface area contributed by atoms with Gasteiger partial charge in [0.15, 0.2) is 0 Å².